The molecule has 0 atom stereocenters. The van der Waals surface area contributed by atoms with Crippen LogP contribution in [0.15, 0.2) is 29.2 Å². The lowest BCUT2D eigenvalue weighted by atomic mass is 10.3. The van der Waals surface area contributed by atoms with Gasteiger partial charge in [0.15, 0.2) is 0 Å². The number of halogens is 3. The van der Waals surface area contributed by atoms with Gasteiger partial charge < -0.3 is 0 Å². The van der Waals surface area contributed by atoms with E-state index in [0.29, 0.717) is 0 Å². The molecule has 0 spiro atoms. The number of anilines is 1. The van der Waals surface area contributed by atoms with E-state index >= 15 is 0 Å². The fourth-order valence-corrected chi connectivity index (χ4v) is 3.64. The van der Waals surface area contributed by atoms with Gasteiger partial charge in [-0.15, -0.1) is 0 Å². The molecule has 0 heterocycles. The zero-order chi connectivity index (χ0) is 17.2. The van der Waals surface area contributed by atoms with Gasteiger partial charge in [0.05, 0.1) is 4.90 Å². The average Bonchev–Trinajstić information content (AvgIpc) is 2.38. The number of sulfonamides is 2. The Morgan fingerprint density at radius 3 is 1.82 bits per heavy atom. The summed E-state index contributed by atoms with van der Waals surface area (Å²) in [6.07, 6.45) is 0. The Balaban J connectivity index is 3.07. The number of nitrogens with one attached hydrogen (secondary N) is 1. The molecule has 0 aliphatic rings. The second kappa shape index (κ2) is 6.42. The van der Waals surface area contributed by atoms with Crippen LogP contribution in [0.1, 0.15) is 13.8 Å². The molecule has 126 valence electrons. The maximum Gasteiger partial charge on any atom is 0.516 e. The molecule has 0 bridgehead atoms. The van der Waals surface area contributed by atoms with Crippen LogP contribution in [0.5, 0.6) is 0 Å². The monoisotopic (exact) mass is 360 g/mol. The summed E-state index contributed by atoms with van der Waals surface area (Å²) in [5.74, 6) is 0. The molecule has 0 aromatic heterocycles. The van der Waals surface area contributed by atoms with Gasteiger partial charge in [0.25, 0.3) is 0 Å². The van der Waals surface area contributed by atoms with E-state index in [4.69, 9.17) is 0 Å². The Morgan fingerprint density at radius 2 is 1.45 bits per heavy atom. The van der Waals surface area contributed by atoms with Crippen LogP contribution < -0.4 is 4.72 Å². The van der Waals surface area contributed by atoms with Crippen molar-refractivity contribution in [3.63, 3.8) is 0 Å². The smallest absolute Gasteiger partial charge is 0.276 e. The van der Waals surface area contributed by atoms with E-state index in [2.05, 4.69) is 0 Å². The highest BCUT2D eigenvalue weighted by Gasteiger charge is 2.46. The zero-order valence-corrected chi connectivity index (χ0v) is 13.4. The lowest BCUT2D eigenvalue weighted by molar-refractivity contribution is -0.0429. The summed E-state index contributed by atoms with van der Waals surface area (Å²) in [4.78, 5) is -0.133. The lowest BCUT2D eigenvalue weighted by Gasteiger charge is -2.18. The second-order valence-electron chi connectivity index (χ2n) is 4.16. The van der Waals surface area contributed by atoms with Crippen molar-refractivity contribution in [2.75, 3.05) is 17.8 Å². The Hall–Kier alpha value is -1.33. The molecule has 0 fully saturated rings. The summed E-state index contributed by atoms with van der Waals surface area (Å²) in [6.45, 7) is 3.77. The third-order valence-corrected chi connectivity index (χ3v) is 5.93. The van der Waals surface area contributed by atoms with Crippen LogP contribution in [0.25, 0.3) is 0 Å². The fourth-order valence-electron chi connectivity index (χ4n) is 1.62. The molecular formula is C11H15F3N2O4S2. The lowest BCUT2D eigenvalue weighted by Crippen LogP contribution is -2.31. The summed E-state index contributed by atoms with van der Waals surface area (Å²) < 4.78 is 85.4. The summed E-state index contributed by atoms with van der Waals surface area (Å²) in [5, 5.41) is 0. The zero-order valence-electron chi connectivity index (χ0n) is 11.8. The van der Waals surface area contributed by atoms with Crippen molar-refractivity contribution in [2.24, 2.45) is 0 Å². The van der Waals surface area contributed by atoms with Crippen LogP contribution in [0, 0.1) is 0 Å². The van der Waals surface area contributed by atoms with Crippen LogP contribution in [0.3, 0.4) is 0 Å². The number of hydrogen-bond acceptors (Lipinski definition) is 4. The molecule has 1 aromatic carbocycles. The first-order valence-electron chi connectivity index (χ1n) is 6.15. The van der Waals surface area contributed by atoms with Crippen molar-refractivity contribution >= 4 is 25.7 Å². The number of hydrogen-bond donors (Lipinski definition) is 1. The highest BCUT2D eigenvalue weighted by Crippen LogP contribution is 2.26. The largest absolute Gasteiger partial charge is 0.516 e. The van der Waals surface area contributed by atoms with Gasteiger partial charge in [-0.3, -0.25) is 4.72 Å². The first kappa shape index (κ1) is 18.7. The van der Waals surface area contributed by atoms with Gasteiger partial charge >= 0.3 is 15.5 Å². The maximum atomic E-state index is 12.2. The minimum atomic E-state index is -5.53. The quantitative estimate of drug-likeness (QED) is 0.841. The Morgan fingerprint density at radius 1 is 1.00 bits per heavy atom. The summed E-state index contributed by atoms with van der Waals surface area (Å²) in [7, 11) is -9.29. The molecule has 6 nitrogen and oxygen atoms in total. The van der Waals surface area contributed by atoms with Crippen molar-refractivity contribution in [1.82, 2.24) is 4.31 Å². The van der Waals surface area contributed by atoms with Crippen LogP contribution in [0.4, 0.5) is 18.9 Å². The van der Waals surface area contributed by atoms with E-state index < -0.39 is 25.6 Å². The molecule has 1 N–H and O–H groups in total. The normalized spacial score (nSPS) is 13.4. The number of benzene rings is 1. The van der Waals surface area contributed by atoms with E-state index in [1.165, 1.54) is 9.03 Å². The molecule has 0 amide bonds. The van der Waals surface area contributed by atoms with Crippen molar-refractivity contribution in [1.29, 1.82) is 0 Å². The van der Waals surface area contributed by atoms with Crippen LogP contribution in [-0.4, -0.2) is 39.7 Å². The first-order valence-corrected chi connectivity index (χ1v) is 9.07. The van der Waals surface area contributed by atoms with E-state index in [9.17, 15) is 30.0 Å². The fraction of sp³-hybridized carbons (Fsp3) is 0.455. The molecule has 11 heteroatoms. The standard InChI is InChI=1S/C11H15F3N2O4S2/c1-3-16(4-2)21(17,18)10-7-5-9(6-8-10)15-22(19,20)11(12,13)14/h5-8,15H,3-4H2,1-2H3. The number of nitrogens with zero attached hydrogens (tertiary/aromatic N) is 1. The van der Waals surface area contributed by atoms with Gasteiger partial charge in [-0.05, 0) is 24.3 Å². The molecule has 0 saturated carbocycles. The molecule has 22 heavy (non-hydrogen) atoms. The predicted molar refractivity (Wildman–Crippen MR) is 75.1 cm³/mol. The van der Waals surface area contributed by atoms with Gasteiger partial charge in [0.2, 0.25) is 10.0 Å². The second-order valence-corrected chi connectivity index (χ2v) is 7.78. The minimum absolute atomic E-state index is 0.133. The third kappa shape index (κ3) is 3.90. The minimum Gasteiger partial charge on any atom is -0.276 e. The Bertz CT molecular complexity index is 709. The first-order chi connectivity index (χ1) is 9.95. The molecule has 0 aliphatic carbocycles. The predicted octanol–water partition coefficient (Wildman–Crippen LogP) is 1.98. The van der Waals surface area contributed by atoms with Crippen LogP contribution >= 0.6 is 0 Å². The van der Waals surface area contributed by atoms with E-state index in [1.807, 2.05) is 0 Å². The molecule has 0 saturated heterocycles. The van der Waals surface area contributed by atoms with Crippen molar-refractivity contribution in [3.8, 4) is 0 Å². The topological polar surface area (TPSA) is 83.6 Å². The Labute approximate surface area is 127 Å². The highest BCUT2D eigenvalue weighted by molar-refractivity contribution is 7.93. The van der Waals surface area contributed by atoms with Gasteiger partial charge in [-0.1, -0.05) is 13.8 Å². The van der Waals surface area contributed by atoms with Gasteiger partial charge in [0, 0.05) is 18.8 Å². The molecule has 1 aromatic rings. The molecular weight excluding hydrogens is 345 g/mol. The molecule has 0 unspecified atom stereocenters. The van der Waals surface area contributed by atoms with E-state index in [1.54, 1.807) is 13.8 Å². The number of rotatable bonds is 6. The van der Waals surface area contributed by atoms with Crippen LogP contribution in [0.2, 0.25) is 0 Å². The van der Waals surface area contributed by atoms with Gasteiger partial charge in [0.1, 0.15) is 0 Å². The average molecular weight is 360 g/mol. The van der Waals surface area contributed by atoms with Crippen molar-refractivity contribution in [3.05, 3.63) is 24.3 Å². The van der Waals surface area contributed by atoms with Gasteiger partial charge in [-0.25, -0.2) is 8.42 Å². The third-order valence-electron chi connectivity index (χ3n) is 2.75. The SMILES string of the molecule is CCN(CC)S(=O)(=O)c1ccc(NS(=O)(=O)C(F)(F)F)cc1. The summed E-state index contributed by atoms with van der Waals surface area (Å²) >= 11 is 0. The Kier molecular flexibility index (Phi) is 5.47. The van der Waals surface area contributed by atoms with E-state index in [-0.39, 0.29) is 23.7 Å². The number of alkyl halides is 3. The summed E-state index contributed by atoms with van der Waals surface area (Å²) in [6, 6.07) is 4.00. The van der Waals surface area contributed by atoms with Gasteiger partial charge in [-0.2, -0.15) is 25.9 Å². The summed E-state index contributed by atoms with van der Waals surface area (Å²) in [5.41, 5.74) is -5.82. The van der Waals surface area contributed by atoms with Crippen molar-refractivity contribution in [2.45, 2.75) is 24.3 Å². The highest BCUT2D eigenvalue weighted by atomic mass is 32.2. The van der Waals surface area contributed by atoms with E-state index in [0.717, 1.165) is 24.3 Å². The molecule has 0 aliphatic heterocycles. The molecule has 1 rings (SSSR count). The van der Waals surface area contributed by atoms with Crippen molar-refractivity contribution < 1.29 is 30.0 Å². The maximum absolute atomic E-state index is 12.2. The van der Waals surface area contributed by atoms with Crippen LogP contribution in [-0.2, 0) is 20.0 Å². The molecule has 0 radical (unpaired) electrons.